The highest BCUT2D eigenvalue weighted by Gasteiger charge is 2.33. The predicted octanol–water partition coefficient (Wildman–Crippen LogP) is 3.60. The average molecular weight is 396 g/mol. The molecule has 2 aromatic rings. The number of rotatable bonds is 3. The van der Waals surface area contributed by atoms with Gasteiger partial charge in [-0.25, -0.2) is 4.79 Å². The second-order valence-electron chi connectivity index (χ2n) is 6.52. The fourth-order valence-electron chi connectivity index (χ4n) is 3.13. The van der Waals surface area contributed by atoms with Crippen molar-refractivity contribution >= 4 is 35.0 Å². The molecule has 1 aromatic carbocycles. The number of amides is 1. The highest BCUT2D eigenvalue weighted by molar-refractivity contribution is 6.43. The average Bonchev–Trinajstić information content (AvgIpc) is 2.57. The van der Waals surface area contributed by atoms with Crippen LogP contribution in [0.4, 0.5) is 10.5 Å². The summed E-state index contributed by atoms with van der Waals surface area (Å²) in [7, 11) is 0. The highest BCUT2D eigenvalue weighted by atomic mass is 35.5. The fourth-order valence-corrected chi connectivity index (χ4v) is 3.51. The van der Waals surface area contributed by atoms with Crippen LogP contribution in [0.5, 0.6) is 0 Å². The Kier molecular flexibility index (Phi) is 5.16. The van der Waals surface area contributed by atoms with Crippen molar-refractivity contribution in [2.45, 2.75) is 25.4 Å². The van der Waals surface area contributed by atoms with E-state index in [1.54, 1.807) is 30.5 Å². The first-order valence-electron chi connectivity index (χ1n) is 8.20. The second-order valence-corrected chi connectivity index (χ2v) is 7.31. The predicted molar refractivity (Wildman–Crippen MR) is 103 cm³/mol. The Morgan fingerprint density at radius 3 is 2.54 bits per heavy atom. The van der Waals surface area contributed by atoms with Crippen molar-refractivity contribution in [3.8, 4) is 5.69 Å². The van der Waals surface area contributed by atoms with E-state index in [-0.39, 0.29) is 5.56 Å². The SMILES string of the molecule is CC1(OC(N)=O)CCN(c2ccn(-c3cccc(Cl)c3Cl)c(=O)c2)CC1. The Hall–Kier alpha value is -2.18. The second kappa shape index (κ2) is 7.21. The minimum atomic E-state index is -0.762. The van der Waals surface area contributed by atoms with E-state index in [1.165, 1.54) is 4.57 Å². The van der Waals surface area contributed by atoms with Crippen LogP contribution in [0.2, 0.25) is 10.0 Å². The number of hydrogen-bond acceptors (Lipinski definition) is 4. The molecule has 0 unspecified atom stereocenters. The van der Waals surface area contributed by atoms with Gasteiger partial charge in [-0.3, -0.25) is 9.36 Å². The lowest BCUT2D eigenvalue weighted by Gasteiger charge is -2.39. The molecule has 138 valence electrons. The molecule has 2 heterocycles. The summed E-state index contributed by atoms with van der Waals surface area (Å²) >= 11 is 12.2. The van der Waals surface area contributed by atoms with Crippen LogP contribution in [-0.4, -0.2) is 29.4 Å². The van der Waals surface area contributed by atoms with Gasteiger partial charge in [0.2, 0.25) is 0 Å². The molecular formula is C18H19Cl2N3O3. The Balaban J connectivity index is 1.80. The number of hydrogen-bond donors (Lipinski definition) is 1. The Morgan fingerprint density at radius 2 is 1.92 bits per heavy atom. The molecule has 1 amide bonds. The van der Waals surface area contributed by atoms with Crippen LogP contribution in [0.1, 0.15) is 19.8 Å². The van der Waals surface area contributed by atoms with Gasteiger partial charge < -0.3 is 15.4 Å². The number of carbonyl (C=O) groups is 1. The van der Waals surface area contributed by atoms with Gasteiger partial charge in [0.05, 0.1) is 15.7 Å². The van der Waals surface area contributed by atoms with E-state index in [2.05, 4.69) is 4.90 Å². The van der Waals surface area contributed by atoms with Gasteiger partial charge in [0.1, 0.15) is 5.60 Å². The normalized spacial score (nSPS) is 16.3. The third-order valence-corrected chi connectivity index (χ3v) is 5.44. The maximum atomic E-state index is 12.6. The van der Waals surface area contributed by atoms with Crippen molar-refractivity contribution in [1.29, 1.82) is 0 Å². The van der Waals surface area contributed by atoms with Gasteiger partial charge >= 0.3 is 6.09 Å². The third kappa shape index (κ3) is 3.81. The lowest BCUT2D eigenvalue weighted by molar-refractivity contribution is 0.0127. The maximum absolute atomic E-state index is 12.6. The first-order valence-corrected chi connectivity index (χ1v) is 8.95. The van der Waals surface area contributed by atoms with Crippen LogP contribution in [0.15, 0.2) is 41.3 Å². The number of pyridine rings is 1. The molecule has 1 aliphatic heterocycles. The van der Waals surface area contributed by atoms with Crippen molar-refractivity contribution in [2.24, 2.45) is 5.73 Å². The number of nitrogens with two attached hydrogens (primary N) is 1. The fraction of sp³-hybridized carbons (Fsp3) is 0.333. The molecule has 1 aromatic heterocycles. The number of ether oxygens (including phenoxy) is 1. The summed E-state index contributed by atoms with van der Waals surface area (Å²) in [6, 6.07) is 8.58. The van der Waals surface area contributed by atoms with Crippen molar-refractivity contribution in [3.63, 3.8) is 0 Å². The van der Waals surface area contributed by atoms with E-state index >= 15 is 0 Å². The number of piperidine rings is 1. The van der Waals surface area contributed by atoms with Gasteiger partial charge in [-0.05, 0) is 25.1 Å². The summed E-state index contributed by atoms with van der Waals surface area (Å²) in [6.45, 7) is 3.19. The van der Waals surface area contributed by atoms with Crippen LogP contribution >= 0.6 is 23.2 Å². The summed E-state index contributed by atoms with van der Waals surface area (Å²) in [5, 5.41) is 0.728. The zero-order chi connectivity index (χ0) is 18.9. The number of benzene rings is 1. The van der Waals surface area contributed by atoms with E-state index in [0.29, 0.717) is 41.7 Å². The molecule has 0 atom stereocenters. The Morgan fingerprint density at radius 1 is 1.23 bits per heavy atom. The number of anilines is 1. The van der Waals surface area contributed by atoms with E-state index in [4.69, 9.17) is 33.7 Å². The largest absolute Gasteiger partial charge is 0.443 e. The first-order chi connectivity index (χ1) is 12.3. The molecule has 0 aliphatic carbocycles. The molecule has 3 rings (SSSR count). The van der Waals surface area contributed by atoms with Crippen LogP contribution in [0, 0.1) is 0 Å². The number of halogens is 2. The Bertz CT molecular complexity index is 889. The van der Waals surface area contributed by atoms with E-state index < -0.39 is 11.7 Å². The molecule has 6 nitrogen and oxygen atoms in total. The van der Waals surface area contributed by atoms with Crippen molar-refractivity contribution in [2.75, 3.05) is 18.0 Å². The molecule has 1 fully saturated rings. The van der Waals surface area contributed by atoms with Crippen molar-refractivity contribution in [3.05, 3.63) is 56.9 Å². The van der Waals surface area contributed by atoms with Gasteiger partial charge in [0.25, 0.3) is 5.56 Å². The van der Waals surface area contributed by atoms with Gasteiger partial charge in [0.15, 0.2) is 0 Å². The zero-order valence-electron chi connectivity index (χ0n) is 14.2. The molecular weight excluding hydrogens is 377 g/mol. The molecule has 2 N–H and O–H groups in total. The first kappa shape index (κ1) is 18.6. The minimum Gasteiger partial charge on any atom is -0.443 e. The molecule has 1 saturated heterocycles. The van der Waals surface area contributed by atoms with Crippen LogP contribution in [0.3, 0.4) is 0 Å². The van der Waals surface area contributed by atoms with Crippen molar-refractivity contribution in [1.82, 2.24) is 4.57 Å². The zero-order valence-corrected chi connectivity index (χ0v) is 15.8. The van der Waals surface area contributed by atoms with Gasteiger partial charge in [-0.15, -0.1) is 0 Å². The van der Waals surface area contributed by atoms with Gasteiger partial charge in [0, 0.05) is 43.9 Å². The van der Waals surface area contributed by atoms with Gasteiger partial charge in [-0.1, -0.05) is 29.3 Å². The van der Waals surface area contributed by atoms with Crippen molar-refractivity contribution < 1.29 is 9.53 Å². The topological polar surface area (TPSA) is 77.6 Å². The lowest BCUT2D eigenvalue weighted by atomic mass is 9.93. The Labute approximate surface area is 161 Å². The standard InChI is InChI=1S/C18H19Cl2N3O3/c1-18(26-17(21)25)6-9-22(10-7-18)12-5-8-23(15(24)11-12)14-4-2-3-13(19)16(14)20/h2-5,8,11H,6-7,9-10H2,1H3,(H2,21,25). The monoisotopic (exact) mass is 395 g/mol. The molecule has 0 saturated carbocycles. The molecule has 26 heavy (non-hydrogen) atoms. The summed E-state index contributed by atoms with van der Waals surface area (Å²) in [4.78, 5) is 25.7. The third-order valence-electron chi connectivity index (χ3n) is 4.63. The van der Waals surface area contributed by atoms with Gasteiger partial charge in [-0.2, -0.15) is 0 Å². The summed E-state index contributed by atoms with van der Waals surface area (Å²) in [5.74, 6) is 0. The number of aromatic nitrogens is 1. The van der Waals surface area contributed by atoms with E-state index in [0.717, 1.165) is 5.69 Å². The minimum absolute atomic E-state index is 0.201. The molecule has 1 aliphatic rings. The lowest BCUT2D eigenvalue weighted by Crippen LogP contribution is -2.46. The van der Waals surface area contributed by atoms with Crippen LogP contribution in [0.25, 0.3) is 5.69 Å². The van der Waals surface area contributed by atoms with Crippen LogP contribution in [-0.2, 0) is 4.74 Å². The smallest absolute Gasteiger partial charge is 0.405 e. The summed E-state index contributed by atoms with van der Waals surface area (Å²) in [6.07, 6.45) is 2.20. The van der Waals surface area contributed by atoms with E-state index in [1.807, 2.05) is 13.0 Å². The highest BCUT2D eigenvalue weighted by Crippen LogP contribution is 2.30. The molecule has 8 heteroatoms. The number of nitrogens with zero attached hydrogens (tertiary/aromatic N) is 2. The number of carbonyl (C=O) groups excluding carboxylic acids is 1. The summed E-state index contributed by atoms with van der Waals surface area (Å²) < 4.78 is 6.67. The number of primary amides is 1. The quantitative estimate of drug-likeness (QED) is 0.860. The summed E-state index contributed by atoms with van der Waals surface area (Å²) in [5.41, 5.74) is 5.71. The van der Waals surface area contributed by atoms with E-state index in [9.17, 15) is 9.59 Å². The maximum Gasteiger partial charge on any atom is 0.405 e. The van der Waals surface area contributed by atoms with Crippen LogP contribution < -0.4 is 16.2 Å². The molecule has 0 spiro atoms. The molecule has 0 radical (unpaired) electrons. The molecule has 0 bridgehead atoms.